The molecule has 0 spiro atoms. The van der Waals surface area contributed by atoms with Crippen LogP contribution >= 0.6 is 0 Å². The van der Waals surface area contributed by atoms with Gasteiger partial charge in [-0.2, -0.15) is 0 Å². The Balaban J connectivity index is 4.19. The Morgan fingerprint density at radius 1 is 0.955 bits per heavy atom. The number of rotatable bonds is 8. The zero-order chi connectivity index (χ0) is 17.6. The lowest BCUT2D eigenvalue weighted by Crippen LogP contribution is -2.42. The highest BCUT2D eigenvalue weighted by molar-refractivity contribution is 5.82. The minimum atomic E-state index is -0.685. The number of carbonyl (C=O) groups is 2. The number of hydrogen-bond donors (Lipinski definition) is 4. The van der Waals surface area contributed by atoms with Gasteiger partial charge in [0.15, 0.2) is 0 Å². The van der Waals surface area contributed by atoms with Crippen LogP contribution in [0.3, 0.4) is 0 Å². The van der Waals surface area contributed by atoms with Crippen LogP contribution in [0.5, 0.6) is 0 Å². The van der Waals surface area contributed by atoms with Crippen LogP contribution in [0.15, 0.2) is 0 Å². The molecule has 0 saturated heterocycles. The molecule has 0 heterocycles. The van der Waals surface area contributed by atoms with Gasteiger partial charge in [-0.3, -0.25) is 9.59 Å². The lowest BCUT2D eigenvalue weighted by Gasteiger charge is -2.26. The van der Waals surface area contributed by atoms with Gasteiger partial charge >= 0.3 is 0 Å². The van der Waals surface area contributed by atoms with E-state index in [0.29, 0.717) is 12.8 Å². The molecule has 0 aliphatic rings. The number of nitrogens with one attached hydrogen (secondary N) is 2. The third-order valence-electron chi connectivity index (χ3n) is 3.45. The fraction of sp³-hybridized carbons (Fsp3) is 0.875. The van der Waals surface area contributed by atoms with Crippen LogP contribution in [0.1, 0.15) is 54.4 Å². The van der Waals surface area contributed by atoms with Crippen molar-refractivity contribution in [3.05, 3.63) is 0 Å². The summed E-state index contributed by atoms with van der Waals surface area (Å²) in [5.74, 6) is -0.264. The second-order valence-electron chi connectivity index (χ2n) is 7.60. The number of aliphatic hydroxyl groups is 2. The topological polar surface area (TPSA) is 98.7 Å². The molecule has 0 fully saturated rings. The Morgan fingerprint density at radius 2 is 1.45 bits per heavy atom. The molecule has 0 aromatic rings. The molecule has 0 aliphatic heterocycles. The van der Waals surface area contributed by atoms with E-state index in [1.807, 2.05) is 20.8 Å². The molecule has 1 unspecified atom stereocenters. The third kappa shape index (κ3) is 8.34. The summed E-state index contributed by atoms with van der Waals surface area (Å²) in [6.07, 6.45) is -0.363. The molecule has 2 atom stereocenters. The van der Waals surface area contributed by atoms with Crippen molar-refractivity contribution in [2.75, 3.05) is 13.1 Å². The zero-order valence-corrected chi connectivity index (χ0v) is 14.7. The SMILES string of the molecule is C[C@H](O)CNC(=O)C(C)(C)CCC(O)CNC(=O)C(C)(C)C. The van der Waals surface area contributed by atoms with E-state index in [9.17, 15) is 19.8 Å². The van der Waals surface area contributed by atoms with E-state index in [0.717, 1.165) is 0 Å². The molecule has 22 heavy (non-hydrogen) atoms. The Bertz CT molecular complexity index is 373. The van der Waals surface area contributed by atoms with Crippen LogP contribution in [0.2, 0.25) is 0 Å². The largest absolute Gasteiger partial charge is 0.392 e. The quantitative estimate of drug-likeness (QED) is 0.532. The van der Waals surface area contributed by atoms with E-state index in [-0.39, 0.29) is 24.9 Å². The minimum Gasteiger partial charge on any atom is -0.392 e. The molecule has 2 amide bonds. The van der Waals surface area contributed by atoms with Crippen LogP contribution in [-0.2, 0) is 9.59 Å². The molecule has 0 aromatic carbocycles. The van der Waals surface area contributed by atoms with Gasteiger partial charge in [-0.15, -0.1) is 0 Å². The monoisotopic (exact) mass is 316 g/mol. The van der Waals surface area contributed by atoms with E-state index in [1.165, 1.54) is 0 Å². The number of amides is 2. The molecule has 0 bridgehead atoms. The summed E-state index contributed by atoms with van der Waals surface area (Å²) in [6.45, 7) is 11.0. The first-order chi connectivity index (χ1) is 9.86. The predicted molar refractivity (Wildman–Crippen MR) is 86.2 cm³/mol. The standard InChI is InChI=1S/C16H32N2O4/c1-11(19)9-17-14(22)16(5,6)8-7-12(20)10-18-13(21)15(2,3)4/h11-12,19-20H,7-10H2,1-6H3,(H,17,22)(H,18,21)/t11-,12?/m0/s1. The first-order valence-electron chi connectivity index (χ1n) is 7.79. The van der Waals surface area contributed by atoms with Crippen molar-refractivity contribution < 1.29 is 19.8 Å². The highest BCUT2D eigenvalue weighted by Gasteiger charge is 2.28. The Hall–Kier alpha value is -1.14. The van der Waals surface area contributed by atoms with Gasteiger partial charge in [0, 0.05) is 23.9 Å². The lowest BCUT2D eigenvalue weighted by atomic mass is 9.85. The van der Waals surface area contributed by atoms with Gasteiger partial charge in [0.2, 0.25) is 11.8 Å². The van der Waals surface area contributed by atoms with Crippen molar-refractivity contribution >= 4 is 11.8 Å². The van der Waals surface area contributed by atoms with Crippen molar-refractivity contribution in [1.29, 1.82) is 0 Å². The fourth-order valence-electron chi connectivity index (χ4n) is 1.70. The molecule has 0 radical (unpaired) electrons. The molecule has 6 heteroatoms. The lowest BCUT2D eigenvalue weighted by molar-refractivity contribution is -0.131. The number of hydrogen-bond acceptors (Lipinski definition) is 4. The Labute approximate surface area is 133 Å². The molecule has 0 saturated carbocycles. The van der Waals surface area contributed by atoms with Crippen LogP contribution in [0, 0.1) is 10.8 Å². The molecule has 130 valence electrons. The van der Waals surface area contributed by atoms with Crippen LogP contribution in [-0.4, -0.2) is 47.3 Å². The average molecular weight is 316 g/mol. The van der Waals surface area contributed by atoms with Crippen LogP contribution in [0.25, 0.3) is 0 Å². The molecule has 0 rings (SSSR count). The Kier molecular flexibility index (Phi) is 8.04. The molecular formula is C16H32N2O4. The fourth-order valence-corrected chi connectivity index (χ4v) is 1.70. The molecular weight excluding hydrogens is 284 g/mol. The summed E-state index contributed by atoms with van der Waals surface area (Å²) in [5.41, 5.74) is -1.12. The van der Waals surface area contributed by atoms with Crippen molar-refractivity contribution in [3.63, 3.8) is 0 Å². The second-order valence-corrected chi connectivity index (χ2v) is 7.60. The first-order valence-corrected chi connectivity index (χ1v) is 7.79. The van der Waals surface area contributed by atoms with Gasteiger partial charge in [-0.1, -0.05) is 34.6 Å². The van der Waals surface area contributed by atoms with Crippen LogP contribution < -0.4 is 10.6 Å². The van der Waals surface area contributed by atoms with Crippen molar-refractivity contribution in [3.8, 4) is 0 Å². The Morgan fingerprint density at radius 3 is 1.91 bits per heavy atom. The van der Waals surface area contributed by atoms with Crippen molar-refractivity contribution in [2.45, 2.75) is 66.6 Å². The smallest absolute Gasteiger partial charge is 0.225 e. The summed E-state index contributed by atoms with van der Waals surface area (Å²) in [5, 5.41) is 24.5. The van der Waals surface area contributed by atoms with Gasteiger partial charge in [-0.25, -0.2) is 0 Å². The highest BCUT2D eigenvalue weighted by Crippen LogP contribution is 2.23. The van der Waals surface area contributed by atoms with E-state index in [2.05, 4.69) is 10.6 Å². The molecule has 0 aromatic heterocycles. The average Bonchev–Trinajstić information content (AvgIpc) is 2.38. The van der Waals surface area contributed by atoms with E-state index in [1.54, 1.807) is 20.8 Å². The third-order valence-corrected chi connectivity index (χ3v) is 3.45. The summed E-state index contributed by atoms with van der Waals surface area (Å²) >= 11 is 0. The number of carbonyl (C=O) groups excluding carboxylic acids is 2. The van der Waals surface area contributed by atoms with Gasteiger partial charge < -0.3 is 20.8 Å². The predicted octanol–water partition coefficient (Wildman–Crippen LogP) is 0.813. The van der Waals surface area contributed by atoms with Crippen molar-refractivity contribution in [1.82, 2.24) is 10.6 Å². The maximum atomic E-state index is 12.0. The van der Waals surface area contributed by atoms with Gasteiger partial charge in [0.1, 0.15) is 0 Å². The van der Waals surface area contributed by atoms with Crippen LogP contribution in [0.4, 0.5) is 0 Å². The molecule has 4 N–H and O–H groups in total. The van der Waals surface area contributed by atoms with E-state index in [4.69, 9.17) is 0 Å². The van der Waals surface area contributed by atoms with E-state index >= 15 is 0 Å². The van der Waals surface area contributed by atoms with E-state index < -0.39 is 23.0 Å². The van der Waals surface area contributed by atoms with Gasteiger partial charge in [-0.05, 0) is 19.8 Å². The van der Waals surface area contributed by atoms with Crippen molar-refractivity contribution in [2.24, 2.45) is 10.8 Å². The second kappa shape index (κ2) is 8.48. The van der Waals surface area contributed by atoms with Gasteiger partial charge in [0.05, 0.1) is 12.2 Å². The maximum Gasteiger partial charge on any atom is 0.225 e. The van der Waals surface area contributed by atoms with Gasteiger partial charge in [0.25, 0.3) is 0 Å². The zero-order valence-electron chi connectivity index (χ0n) is 14.7. The number of aliphatic hydroxyl groups excluding tert-OH is 2. The summed E-state index contributed by atoms with van der Waals surface area (Å²) in [4.78, 5) is 23.7. The minimum absolute atomic E-state index is 0.111. The summed E-state index contributed by atoms with van der Waals surface area (Å²) in [7, 11) is 0. The molecule has 6 nitrogen and oxygen atoms in total. The highest BCUT2D eigenvalue weighted by atomic mass is 16.3. The normalized spacial score (nSPS) is 15.1. The summed E-state index contributed by atoms with van der Waals surface area (Å²) < 4.78 is 0. The first kappa shape index (κ1) is 20.9. The summed E-state index contributed by atoms with van der Waals surface area (Å²) in [6, 6.07) is 0. The molecule has 0 aliphatic carbocycles. The maximum absolute atomic E-state index is 12.0.